The predicted molar refractivity (Wildman–Crippen MR) is 111 cm³/mol. The summed E-state index contributed by atoms with van der Waals surface area (Å²) < 4.78 is 5.42. The summed E-state index contributed by atoms with van der Waals surface area (Å²) in [5, 5.41) is 28.7. The number of carboxylic acid groups (broad SMARTS) is 2. The SMILES string of the molecule is CCCCC(CCCC)(CCCC)COC(=O)C(C(C)=O)C(O)(CC(=O)O)C(=O)O. The molecule has 0 aliphatic rings. The topological polar surface area (TPSA) is 138 Å². The molecule has 0 fully saturated rings. The summed E-state index contributed by atoms with van der Waals surface area (Å²) in [5.41, 5.74) is -3.35. The first-order chi connectivity index (χ1) is 14.0. The number of carbonyl (C=O) groups is 4. The zero-order valence-electron chi connectivity index (χ0n) is 18.7. The molecule has 30 heavy (non-hydrogen) atoms. The van der Waals surface area contributed by atoms with E-state index < -0.39 is 41.6 Å². The lowest BCUT2D eigenvalue weighted by atomic mass is 9.75. The van der Waals surface area contributed by atoms with Crippen LogP contribution in [0.5, 0.6) is 0 Å². The van der Waals surface area contributed by atoms with E-state index in [0.717, 1.165) is 64.7 Å². The zero-order chi connectivity index (χ0) is 23.4. The average Bonchev–Trinajstić information content (AvgIpc) is 2.66. The fourth-order valence-corrected chi connectivity index (χ4v) is 3.78. The number of unbranched alkanes of at least 4 members (excludes halogenated alkanes) is 3. The van der Waals surface area contributed by atoms with Crippen LogP contribution in [0.3, 0.4) is 0 Å². The molecule has 3 N–H and O–H groups in total. The molecule has 8 heteroatoms. The number of ether oxygens (including phenoxy) is 1. The summed E-state index contributed by atoms with van der Waals surface area (Å²) in [7, 11) is 0. The Balaban J connectivity index is 5.72. The van der Waals surface area contributed by atoms with Crippen molar-refractivity contribution in [2.24, 2.45) is 11.3 Å². The maximum atomic E-state index is 12.7. The Hall–Kier alpha value is -1.96. The van der Waals surface area contributed by atoms with Crippen LogP contribution in [0.2, 0.25) is 0 Å². The van der Waals surface area contributed by atoms with Gasteiger partial charge in [-0.3, -0.25) is 14.4 Å². The summed E-state index contributed by atoms with van der Waals surface area (Å²) in [4.78, 5) is 47.4. The second-order valence-corrected chi connectivity index (χ2v) is 8.26. The quantitative estimate of drug-likeness (QED) is 0.235. The predicted octanol–water partition coefficient (Wildman–Crippen LogP) is 3.58. The molecule has 0 aromatic carbocycles. The second kappa shape index (κ2) is 13.4. The Morgan fingerprint density at radius 2 is 1.30 bits per heavy atom. The number of aliphatic carboxylic acids is 2. The molecule has 0 rings (SSSR count). The molecule has 0 bridgehead atoms. The van der Waals surface area contributed by atoms with Gasteiger partial charge in [-0.25, -0.2) is 4.79 Å². The Morgan fingerprint density at radius 1 is 0.867 bits per heavy atom. The molecule has 0 spiro atoms. The second-order valence-electron chi connectivity index (χ2n) is 8.26. The average molecular weight is 431 g/mol. The van der Waals surface area contributed by atoms with Crippen molar-refractivity contribution in [1.82, 2.24) is 0 Å². The number of rotatable bonds is 17. The normalized spacial score (nSPS) is 14.6. The van der Waals surface area contributed by atoms with Crippen LogP contribution in [0.15, 0.2) is 0 Å². The van der Waals surface area contributed by atoms with Crippen LogP contribution in [-0.4, -0.2) is 51.2 Å². The van der Waals surface area contributed by atoms with Gasteiger partial charge in [0.1, 0.15) is 5.78 Å². The molecule has 0 aliphatic carbocycles. The van der Waals surface area contributed by atoms with Crippen LogP contribution in [0.25, 0.3) is 0 Å². The molecule has 0 amide bonds. The van der Waals surface area contributed by atoms with Gasteiger partial charge in [0.05, 0.1) is 13.0 Å². The van der Waals surface area contributed by atoms with Crippen molar-refractivity contribution in [1.29, 1.82) is 0 Å². The van der Waals surface area contributed by atoms with E-state index in [1.54, 1.807) is 0 Å². The first-order valence-electron chi connectivity index (χ1n) is 10.8. The minimum atomic E-state index is -3.06. The van der Waals surface area contributed by atoms with Crippen molar-refractivity contribution in [3.8, 4) is 0 Å². The van der Waals surface area contributed by atoms with Crippen LogP contribution < -0.4 is 0 Å². The molecule has 0 aliphatic heterocycles. The summed E-state index contributed by atoms with van der Waals surface area (Å²) in [6, 6.07) is 0. The van der Waals surface area contributed by atoms with Crippen LogP contribution >= 0.6 is 0 Å². The Morgan fingerprint density at radius 3 is 1.60 bits per heavy atom. The molecule has 0 saturated carbocycles. The minimum Gasteiger partial charge on any atom is -0.481 e. The number of carbonyl (C=O) groups excluding carboxylic acids is 2. The van der Waals surface area contributed by atoms with Gasteiger partial charge in [0.2, 0.25) is 0 Å². The molecule has 8 nitrogen and oxygen atoms in total. The third-order valence-electron chi connectivity index (χ3n) is 5.61. The molecule has 174 valence electrons. The highest BCUT2D eigenvalue weighted by Gasteiger charge is 2.53. The molecule has 0 radical (unpaired) electrons. The molecular formula is C22H38O8. The third-order valence-corrected chi connectivity index (χ3v) is 5.61. The number of hydrogen-bond acceptors (Lipinski definition) is 6. The van der Waals surface area contributed by atoms with E-state index >= 15 is 0 Å². The fraction of sp³-hybridized carbons (Fsp3) is 0.818. The summed E-state index contributed by atoms with van der Waals surface area (Å²) in [6.45, 7) is 7.17. The third kappa shape index (κ3) is 8.42. The van der Waals surface area contributed by atoms with Crippen molar-refractivity contribution in [2.75, 3.05) is 6.61 Å². The van der Waals surface area contributed by atoms with Crippen LogP contribution in [-0.2, 0) is 23.9 Å². The Bertz CT molecular complexity index is 564. The maximum Gasteiger partial charge on any atom is 0.337 e. The largest absolute Gasteiger partial charge is 0.481 e. The lowest BCUT2D eigenvalue weighted by Crippen LogP contribution is -2.54. The number of hydrogen-bond donors (Lipinski definition) is 3. The molecule has 2 unspecified atom stereocenters. The highest BCUT2D eigenvalue weighted by Crippen LogP contribution is 2.37. The lowest BCUT2D eigenvalue weighted by Gasteiger charge is -2.35. The zero-order valence-corrected chi connectivity index (χ0v) is 18.7. The molecule has 0 aromatic heterocycles. The fourth-order valence-electron chi connectivity index (χ4n) is 3.78. The van der Waals surface area contributed by atoms with E-state index in [9.17, 15) is 29.4 Å². The summed E-state index contributed by atoms with van der Waals surface area (Å²) >= 11 is 0. The monoisotopic (exact) mass is 430 g/mol. The smallest absolute Gasteiger partial charge is 0.337 e. The lowest BCUT2D eigenvalue weighted by molar-refractivity contribution is -0.184. The minimum absolute atomic E-state index is 0.0123. The van der Waals surface area contributed by atoms with E-state index in [0.29, 0.717) is 0 Å². The van der Waals surface area contributed by atoms with Crippen LogP contribution in [0, 0.1) is 11.3 Å². The summed E-state index contributed by atoms with van der Waals surface area (Å²) in [6.07, 6.45) is 6.97. The van der Waals surface area contributed by atoms with Crippen molar-refractivity contribution in [3.05, 3.63) is 0 Å². The first kappa shape index (κ1) is 28.0. The summed E-state index contributed by atoms with van der Waals surface area (Å²) in [5.74, 6) is -7.83. The van der Waals surface area contributed by atoms with Crippen molar-refractivity contribution >= 4 is 23.7 Å². The van der Waals surface area contributed by atoms with E-state index in [1.165, 1.54) is 0 Å². The van der Waals surface area contributed by atoms with Gasteiger partial charge in [-0.1, -0.05) is 59.3 Å². The number of ketones is 1. The van der Waals surface area contributed by atoms with Gasteiger partial charge in [-0.05, 0) is 26.2 Å². The van der Waals surface area contributed by atoms with Gasteiger partial charge >= 0.3 is 17.9 Å². The van der Waals surface area contributed by atoms with Gasteiger partial charge in [0.15, 0.2) is 11.5 Å². The first-order valence-corrected chi connectivity index (χ1v) is 10.8. The van der Waals surface area contributed by atoms with Crippen molar-refractivity contribution in [2.45, 2.75) is 97.5 Å². The van der Waals surface area contributed by atoms with Gasteiger partial charge in [0, 0.05) is 5.41 Å². The number of esters is 1. The molecule has 0 heterocycles. The number of Topliss-reactive ketones (excluding diaryl/α,β-unsaturated/α-hetero) is 1. The van der Waals surface area contributed by atoms with Crippen LogP contribution in [0.1, 0.15) is 91.9 Å². The molecule has 0 aromatic rings. The van der Waals surface area contributed by atoms with Crippen molar-refractivity contribution < 1.29 is 39.2 Å². The van der Waals surface area contributed by atoms with Gasteiger partial charge in [0.25, 0.3) is 0 Å². The van der Waals surface area contributed by atoms with Gasteiger partial charge in [-0.15, -0.1) is 0 Å². The number of aliphatic hydroxyl groups is 1. The molecule has 2 atom stereocenters. The molecule has 0 saturated heterocycles. The van der Waals surface area contributed by atoms with E-state index in [1.807, 2.05) is 0 Å². The van der Waals surface area contributed by atoms with Gasteiger partial charge < -0.3 is 20.1 Å². The molecular weight excluding hydrogens is 392 g/mol. The van der Waals surface area contributed by atoms with Gasteiger partial charge in [-0.2, -0.15) is 0 Å². The van der Waals surface area contributed by atoms with E-state index in [4.69, 9.17) is 9.84 Å². The standard InChI is InChI=1S/C22H38O8/c1-5-8-11-21(12-9-6-2,13-10-7-3)15-30-19(26)18(16(4)23)22(29,20(27)28)14-17(24)25/h18,29H,5-15H2,1-4H3,(H,24,25)(H,27,28). The Labute approximate surface area is 179 Å². The number of carboxylic acids is 2. The van der Waals surface area contributed by atoms with E-state index in [-0.39, 0.29) is 12.0 Å². The van der Waals surface area contributed by atoms with Crippen molar-refractivity contribution in [3.63, 3.8) is 0 Å². The highest BCUT2D eigenvalue weighted by atomic mass is 16.5. The van der Waals surface area contributed by atoms with E-state index in [2.05, 4.69) is 20.8 Å². The maximum absolute atomic E-state index is 12.7. The highest BCUT2D eigenvalue weighted by molar-refractivity contribution is 6.05. The van der Waals surface area contributed by atoms with Crippen LogP contribution in [0.4, 0.5) is 0 Å². The Kier molecular flexibility index (Phi) is 12.5.